The summed E-state index contributed by atoms with van der Waals surface area (Å²) in [6.07, 6.45) is 38.2. The van der Waals surface area contributed by atoms with E-state index in [1.165, 1.54) is 64.2 Å². The summed E-state index contributed by atoms with van der Waals surface area (Å²) >= 11 is 0. The highest BCUT2D eigenvalue weighted by atomic mass is 31.2. The number of phosphoric ester groups is 1. The van der Waals surface area contributed by atoms with Gasteiger partial charge in [-0.1, -0.05) is 140 Å². The van der Waals surface area contributed by atoms with Gasteiger partial charge in [0.15, 0.2) is 6.10 Å². The topological polar surface area (TPSA) is 129 Å². The van der Waals surface area contributed by atoms with Crippen LogP contribution in [0.5, 0.6) is 0 Å². The van der Waals surface area contributed by atoms with E-state index in [9.17, 15) is 24.2 Å². The third kappa shape index (κ3) is 39.9. The van der Waals surface area contributed by atoms with Crippen molar-refractivity contribution in [2.45, 2.75) is 174 Å². The lowest BCUT2D eigenvalue weighted by atomic mass is 10.0. The molecule has 2 N–H and O–H groups in total. The lowest BCUT2D eigenvalue weighted by Gasteiger charge is -2.24. The van der Waals surface area contributed by atoms with Crippen molar-refractivity contribution in [1.29, 1.82) is 0 Å². The first-order valence-corrected chi connectivity index (χ1v) is 22.9. The number of nitrogens with zero attached hydrogens (tertiary/aromatic N) is 1. The Bertz CT molecular complexity index is 1100. The van der Waals surface area contributed by atoms with Gasteiger partial charge in [0, 0.05) is 12.8 Å². The molecule has 0 aromatic heterocycles. The number of likely N-dealkylation sites (N-methyl/N-ethyl adjacent to an activating group) is 1. The highest BCUT2D eigenvalue weighted by Crippen LogP contribution is 2.43. The summed E-state index contributed by atoms with van der Waals surface area (Å²) in [5.41, 5.74) is 0. The molecule has 55 heavy (non-hydrogen) atoms. The van der Waals surface area contributed by atoms with Gasteiger partial charge in [0.2, 0.25) is 0 Å². The Morgan fingerprint density at radius 2 is 1.13 bits per heavy atom. The SMILES string of the molecule is CCCCCCCCCCCCCCCC(=O)OC[C@H](COP(=O)(O)OCC[N+](C)(C)C)OC(=O)CCC/C=C\C/C=C\C/C=C\C/C=C\CC[C@H](O)CC. The number of aliphatic hydroxyl groups excluding tert-OH is 1. The van der Waals surface area contributed by atoms with Crippen LogP contribution in [-0.2, 0) is 32.7 Å². The number of carbonyl (C=O) groups excluding carboxylic acids is 2. The molecule has 320 valence electrons. The van der Waals surface area contributed by atoms with Crippen molar-refractivity contribution in [1.82, 2.24) is 0 Å². The van der Waals surface area contributed by atoms with Crippen molar-refractivity contribution in [3.05, 3.63) is 48.6 Å². The third-order valence-electron chi connectivity index (χ3n) is 9.03. The number of allylic oxidation sites excluding steroid dienone is 8. The molecule has 0 aliphatic carbocycles. The molecule has 0 saturated heterocycles. The number of quaternary nitrogens is 1. The standard InChI is InChI=1S/C44H80NO9P/c1-6-8-9-10-11-12-13-16-20-23-26-29-32-35-43(47)51-39-42(40-53-55(49,50)52-38-37-45(3,4)5)54-44(48)36-33-30-27-24-21-18-15-14-17-19-22-25-28-31-34-41(46)7-2/h15,17-19,24-25,27-28,41-42,46H,6-14,16,20-23,26,29-40H2,1-5H3/p+1/b18-15-,19-17-,27-24-,28-25-/t41-,42-/m1/s1. The van der Waals surface area contributed by atoms with Gasteiger partial charge in [-0.25, -0.2) is 4.57 Å². The van der Waals surface area contributed by atoms with Crippen LogP contribution in [0.3, 0.4) is 0 Å². The minimum Gasteiger partial charge on any atom is -0.462 e. The Labute approximate surface area is 336 Å². The van der Waals surface area contributed by atoms with E-state index in [0.717, 1.165) is 57.8 Å². The highest BCUT2D eigenvalue weighted by Gasteiger charge is 2.27. The van der Waals surface area contributed by atoms with Crippen molar-refractivity contribution >= 4 is 19.8 Å². The number of phosphoric acid groups is 1. The van der Waals surface area contributed by atoms with Crippen molar-refractivity contribution < 1.29 is 47.2 Å². The van der Waals surface area contributed by atoms with Crippen molar-refractivity contribution in [2.24, 2.45) is 0 Å². The van der Waals surface area contributed by atoms with E-state index in [4.69, 9.17) is 18.5 Å². The van der Waals surface area contributed by atoms with Gasteiger partial charge in [-0.15, -0.1) is 0 Å². The number of unbranched alkanes of at least 4 members (excludes halogenated alkanes) is 13. The van der Waals surface area contributed by atoms with Gasteiger partial charge in [-0.05, 0) is 57.8 Å². The number of hydrogen-bond donors (Lipinski definition) is 2. The predicted octanol–water partition coefficient (Wildman–Crippen LogP) is 10.9. The zero-order valence-electron chi connectivity index (χ0n) is 35.5. The lowest BCUT2D eigenvalue weighted by Crippen LogP contribution is -2.37. The van der Waals surface area contributed by atoms with Crippen molar-refractivity contribution in [3.8, 4) is 0 Å². The third-order valence-corrected chi connectivity index (χ3v) is 10.0. The molecular formula is C44H81NO9P+. The van der Waals surface area contributed by atoms with E-state index in [0.29, 0.717) is 23.9 Å². The summed E-state index contributed by atoms with van der Waals surface area (Å²) in [4.78, 5) is 35.3. The molecule has 0 aromatic rings. The predicted molar refractivity (Wildman–Crippen MR) is 226 cm³/mol. The number of ether oxygens (including phenoxy) is 2. The van der Waals surface area contributed by atoms with E-state index in [1.54, 1.807) is 0 Å². The second kappa shape index (κ2) is 36.3. The minimum absolute atomic E-state index is 0.0148. The zero-order valence-corrected chi connectivity index (χ0v) is 36.4. The maximum absolute atomic E-state index is 12.6. The quantitative estimate of drug-likeness (QED) is 0.0206. The van der Waals surface area contributed by atoms with Gasteiger partial charge in [0.05, 0.1) is 33.9 Å². The molecule has 0 amide bonds. The smallest absolute Gasteiger partial charge is 0.462 e. The average Bonchev–Trinajstić information content (AvgIpc) is 3.13. The molecule has 0 aliphatic rings. The molecule has 0 aromatic carbocycles. The molecule has 0 radical (unpaired) electrons. The van der Waals surface area contributed by atoms with Gasteiger partial charge < -0.3 is 24.0 Å². The second-order valence-electron chi connectivity index (χ2n) is 15.5. The van der Waals surface area contributed by atoms with Crippen LogP contribution in [0.25, 0.3) is 0 Å². The Hall–Kier alpha value is -2.07. The summed E-state index contributed by atoms with van der Waals surface area (Å²) in [5, 5.41) is 9.56. The summed E-state index contributed by atoms with van der Waals surface area (Å²) in [7, 11) is 1.42. The average molecular weight is 799 g/mol. The van der Waals surface area contributed by atoms with E-state index < -0.39 is 32.5 Å². The van der Waals surface area contributed by atoms with Crippen LogP contribution < -0.4 is 0 Å². The molecule has 3 atom stereocenters. The van der Waals surface area contributed by atoms with Gasteiger partial charge in [0.25, 0.3) is 0 Å². The van der Waals surface area contributed by atoms with Crippen molar-refractivity contribution in [2.75, 3.05) is 47.5 Å². The monoisotopic (exact) mass is 799 g/mol. The van der Waals surface area contributed by atoms with E-state index in [-0.39, 0.29) is 32.2 Å². The first-order chi connectivity index (χ1) is 26.4. The van der Waals surface area contributed by atoms with Crippen LogP contribution in [0.15, 0.2) is 48.6 Å². The van der Waals surface area contributed by atoms with E-state index in [1.807, 2.05) is 34.1 Å². The van der Waals surface area contributed by atoms with Crippen LogP contribution in [0.2, 0.25) is 0 Å². The minimum atomic E-state index is -4.39. The van der Waals surface area contributed by atoms with Gasteiger partial charge in [-0.3, -0.25) is 18.6 Å². The normalized spacial score (nSPS) is 14.7. The fourth-order valence-electron chi connectivity index (χ4n) is 5.46. The maximum Gasteiger partial charge on any atom is 0.472 e. The molecule has 0 heterocycles. The summed E-state index contributed by atoms with van der Waals surface area (Å²) in [6.45, 7) is 4.06. The Balaban J connectivity index is 4.49. The second-order valence-corrected chi connectivity index (χ2v) is 17.0. The number of aliphatic hydroxyl groups is 1. The molecular weight excluding hydrogens is 717 g/mol. The fraction of sp³-hybridized carbons (Fsp3) is 0.773. The molecule has 10 nitrogen and oxygen atoms in total. The lowest BCUT2D eigenvalue weighted by molar-refractivity contribution is -0.870. The van der Waals surface area contributed by atoms with Crippen LogP contribution in [-0.4, -0.2) is 86.1 Å². The van der Waals surface area contributed by atoms with Crippen LogP contribution in [0.1, 0.15) is 162 Å². The largest absolute Gasteiger partial charge is 0.472 e. The zero-order chi connectivity index (χ0) is 40.9. The Morgan fingerprint density at radius 3 is 1.65 bits per heavy atom. The molecule has 0 saturated carbocycles. The summed E-state index contributed by atoms with van der Waals surface area (Å²) in [5.74, 6) is -0.883. The first-order valence-electron chi connectivity index (χ1n) is 21.4. The highest BCUT2D eigenvalue weighted by molar-refractivity contribution is 7.47. The molecule has 1 unspecified atom stereocenters. The van der Waals surface area contributed by atoms with E-state index >= 15 is 0 Å². The van der Waals surface area contributed by atoms with Gasteiger partial charge in [0.1, 0.15) is 19.8 Å². The molecule has 11 heteroatoms. The number of carbonyl (C=O) groups is 2. The first kappa shape index (κ1) is 52.9. The molecule has 0 bridgehead atoms. The maximum atomic E-state index is 12.6. The fourth-order valence-corrected chi connectivity index (χ4v) is 6.20. The van der Waals surface area contributed by atoms with Gasteiger partial charge >= 0.3 is 19.8 Å². The Kier molecular flexibility index (Phi) is 34.9. The molecule has 0 spiro atoms. The molecule has 0 fully saturated rings. The number of rotatable bonds is 38. The van der Waals surface area contributed by atoms with Crippen molar-refractivity contribution in [3.63, 3.8) is 0 Å². The molecule has 0 aliphatic heterocycles. The Morgan fingerprint density at radius 1 is 0.636 bits per heavy atom. The van der Waals surface area contributed by atoms with Crippen LogP contribution >= 0.6 is 7.82 Å². The van der Waals surface area contributed by atoms with Gasteiger partial charge in [-0.2, -0.15) is 0 Å². The van der Waals surface area contributed by atoms with E-state index in [2.05, 4.69) is 49.5 Å². The van der Waals surface area contributed by atoms with Crippen LogP contribution in [0.4, 0.5) is 0 Å². The number of esters is 2. The molecule has 0 rings (SSSR count). The summed E-state index contributed by atoms with van der Waals surface area (Å²) < 4.78 is 34.2. The van der Waals surface area contributed by atoms with Crippen LogP contribution in [0, 0.1) is 0 Å². The number of hydrogen-bond acceptors (Lipinski definition) is 8. The summed E-state index contributed by atoms with van der Waals surface area (Å²) in [6, 6.07) is 0.